The summed E-state index contributed by atoms with van der Waals surface area (Å²) in [5.74, 6) is 0.285. The highest BCUT2D eigenvalue weighted by atomic mass is 16.3. The van der Waals surface area contributed by atoms with Crippen LogP contribution in [0.5, 0.6) is 5.75 Å². The summed E-state index contributed by atoms with van der Waals surface area (Å²) in [4.78, 5) is 0. The zero-order chi connectivity index (χ0) is 9.80. The van der Waals surface area contributed by atoms with Crippen molar-refractivity contribution in [3.63, 3.8) is 0 Å². The highest BCUT2D eigenvalue weighted by Crippen LogP contribution is 2.12. The summed E-state index contributed by atoms with van der Waals surface area (Å²) in [6, 6.07) is 10.9. The average Bonchev–Trinajstić information content (AvgIpc) is 2.23. The van der Waals surface area contributed by atoms with Crippen LogP contribution < -0.4 is 0 Å². The van der Waals surface area contributed by atoms with E-state index in [2.05, 4.69) is 10.2 Å². The molecule has 1 heterocycles. The number of aromatic hydroxyl groups is 1. The Labute approximate surface area is 82.1 Å². The van der Waals surface area contributed by atoms with Gasteiger partial charge in [-0.3, -0.25) is 0 Å². The molecule has 0 saturated carbocycles. The van der Waals surface area contributed by atoms with Gasteiger partial charge in [0.05, 0.1) is 5.69 Å². The van der Waals surface area contributed by atoms with E-state index in [0.717, 1.165) is 17.7 Å². The normalized spacial score (nSPS) is 10.0. The predicted molar refractivity (Wildman–Crippen MR) is 52.9 cm³/mol. The lowest BCUT2D eigenvalue weighted by Crippen LogP contribution is -1.92. The highest BCUT2D eigenvalue weighted by Gasteiger charge is 1.96. The van der Waals surface area contributed by atoms with E-state index in [0.29, 0.717) is 0 Å². The van der Waals surface area contributed by atoms with Crippen molar-refractivity contribution in [2.75, 3.05) is 0 Å². The molecule has 0 unspecified atom stereocenters. The van der Waals surface area contributed by atoms with Crippen LogP contribution in [0.15, 0.2) is 42.6 Å². The number of nitrogens with zero attached hydrogens (tertiary/aromatic N) is 2. The fourth-order valence-corrected chi connectivity index (χ4v) is 1.25. The average molecular weight is 186 g/mol. The van der Waals surface area contributed by atoms with Crippen molar-refractivity contribution < 1.29 is 5.11 Å². The van der Waals surface area contributed by atoms with Crippen molar-refractivity contribution >= 4 is 0 Å². The van der Waals surface area contributed by atoms with E-state index in [-0.39, 0.29) is 5.75 Å². The minimum atomic E-state index is 0.285. The maximum absolute atomic E-state index is 9.09. The van der Waals surface area contributed by atoms with Gasteiger partial charge in [0.25, 0.3) is 0 Å². The molecule has 70 valence electrons. The molecule has 1 aromatic heterocycles. The Kier molecular flexibility index (Phi) is 2.40. The van der Waals surface area contributed by atoms with Crippen LogP contribution >= 0.6 is 0 Å². The summed E-state index contributed by atoms with van der Waals surface area (Å²) >= 11 is 0. The van der Waals surface area contributed by atoms with Crippen molar-refractivity contribution in [2.24, 2.45) is 0 Å². The largest absolute Gasteiger partial charge is 0.508 e. The molecule has 2 rings (SSSR count). The Morgan fingerprint density at radius 3 is 2.50 bits per heavy atom. The second-order valence-electron chi connectivity index (χ2n) is 3.06. The molecule has 2 aromatic rings. The predicted octanol–water partition coefficient (Wildman–Crippen LogP) is 1.77. The quantitative estimate of drug-likeness (QED) is 0.777. The second-order valence-corrected chi connectivity index (χ2v) is 3.06. The van der Waals surface area contributed by atoms with Crippen molar-refractivity contribution in [2.45, 2.75) is 6.42 Å². The van der Waals surface area contributed by atoms with E-state index in [4.69, 9.17) is 5.11 Å². The Morgan fingerprint density at radius 2 is 1.86 bits per heavy atom. The van der Waals surface area contributed by atoms with Crippen LogP contribution in [0.3, 0.4) is 0 Å². The third-order valence-electron chi connectivity index (χ3n) is 1.95. The lowest BCUT2D eigenvalue weighted by atomic mass is 10.1. The van der Waals surface area contributed by atoms with Gasteiger partial charge < -0.3 is 5.11 Å². The van der Waals surface area contributed by atoms with Crippen molar-refractivity contribution in [3.05, 3.63) is 53.9 Å². The van der Waals surface area contributed by atoms with Gasteiger partial charge in [-0.15, -0.1) is 0 Å². The highest BCUT2D eigenvalue weighted by molar-refractivity contribution is 5.28. The number of benzene rings is 1. The summed E-state index contributed by atoms with van der Waals surface area (Å²) < 4.78 is 0. The molecule has 0 aliphatic heterocycles. The SMILES string of the molecule is Oc1ccc(Cc2cccnn2)cc1. The molecule has 0 aliphatic carbocycles. The third-order valence-corrected chi connectivity index (χ3v) is 1.95. The van der Waals surface area contributed by atoms with Crippen LogP contribution in [-0.4, -0.2) is 15.3 Å². The summed E-state index contributed by atoms with van der Waals surface area (Å²) in [6.07, 6.45) is 2.40. The van der Waals surface area contributed by atoms with Crippen LogP contribution in [0, 0.1) is 0 Å². The zero-order valence-corrected chi connectivity index (χ0v) is 7.59. The van der Waals surface area contributed by atoms with Crippen LogP contribution in [0.4, 0.5) is 0 Å². The molecule has 1 aromatic carbocycles. The van der Waals surface area contributed by atoms with E-state index < -0.39 is 0 Å². The molecule has 3 heteroatoms. The number of aromatic nitrogens is 2. The monoisotopic (exact) mass is 186 g/mol. The Bertz CT molecular complexity index is 397. The molecule has 1 N–H and O–H groups in total. The van der Waals surface area contributed by atoms with Gasteiger partial charge in [-0.1, -0.05) is 12.1 Å². The van der Waals surface area contributed by atoms with E-state index in [1.807, 2.05) is 24.3 Å². The molecule has 0 saturated heterocycles. The summed E-state index contributed by atoms with van der Waals surface area (Å²) in [5, 5.41) is 16.9. The molecule has 14 heavy (non-hydrogen) atoms. The lowest BCUT2D eigenvalue weighted by molar-refractivity contribution is 0.475. The van der Waals surface area contributed by atoms with Crippen LogP contribution in [0.2, 0.25) is 0 Å². The summed E-state index contributed by atoms with van der Waals surface area (Å²) in [6.45, 7) is 0. The molecule has 3 nitrogen and oxygen atoms in total. The Morgan fingerprint density at radius 1 is 1.07 bits per heavy atom. The van der Waals surface area contributed by atoms with Gasteiger partial charge in [-0.05, 0) is 29.8 Å². The maximum Gasteiger partial charge on any atom is 0.115 e. The minimum absolute atomic E-state index is 0.285. The molecular formula is C11H10N2O. The van der Waals surface area contributed by atoms with E-state index >= 15 is 0 Å². The number of phenols is 1. The van der Waals surface area contributed by atoms with E-state index in [9.17, 15) is 0 Å². The van der Waals surface area contributed by atoms with Crippen LogP contribution in [0.25, 0.3) is 0 Å². The molecule has 0 atom stereocenters. The van der Waals surface area contributed by atoms with Crippen molar-refractivity contribution in [1.82, 2.24) is 10.2 Å². The molecular weight excluding hydrogens is 176 g/mol. The van der Waals surface area contributed by atoms with Crippen LogP contribution in [-0.2, 0) is 6.42 Å². The number of hydrogen-bond donors (Lipinski definition) is 1. The van der Waals surface area contributed by atoms with Gasteiger partial charge in [0.2, 0.25) is 0 Å². The molecule has 0 bridgehead atoms. The first-order valence-electron chi connectivity index (χ1n) is 4.39. The Hall–Kier alpha value is -1.90. The lowest BCUT2D eigenvalue weighted by Gasteiger charge is -1.99. The fraction of sp³-hybridized carbons (Fsp3) is 0.0909. The van der Waals surface area contributed by atoms with Gasteiger partial charge >= 0.3 is 0 Å². The topological polar surface area (TPSA) is 46.0 Å². The second kappa shape index (κ2) is 3.87. The molecule has 0 fully saturated rings. The third kappa shape index (κ3) is 2.07. The van der Waals surface area contributed by atoms with Gasteiger partial charge in [0.1, 0.15) is 5.75 Å². The first kappa shape index (κ1) is 8.69. The Balaban J connectivity index is 2.16. The smallest absolute Gasteiger partial charge is 0.115 e. The van der Waals surface area contributed by atoms with Gasteiger partial charge in [0, 0.05) is 12.6 Å². The van der Waals surface area contributed by atoms with Crippen molar-refractivity contribution in [3.8, 4) is 5.75 Å². The maximum atomic E-state index is 9.09. The first-order chi connectivity index (χ1) is 6.84. The van der Waals surface area contributed by atoms with Gasteiger partial charge in [-0.2, -0.15) is 10.2 Å². The van der Waals surface area contributed by atoms with Gasteiger partial charge in [-0.25, -0.2) is 0 Å². The fourth-order valence-electron chi connectivity index (χ4n) is 1.25. The van der Waals surface area contributed by atoms with Crippen LogP contribution in [0.1, 0.15) is 11.3 Å². The first-order valence-corrected chi connectivity index (χ1v) is 4.39. The van der Waals surface area contributed by atoms with E-state index in [1.54, 1.807) is 18.3 Å². The molecule has 0 spiro atoms. The standard InChI is InChI=1S/C11H10N2O/c14-11-5-3-9(4-6-11)8-10-2-1-7-12-13-10/h1-7,14H,8H2. The van der Waals surface area contributed by atoms with Gasteiger partial charge in [0.15, 0.2) is 0 Å². The zero-order valence-electron chi connectivity index (χ0n) is 7.59. The molecule has 0 amide bonds. The number of hydrogen-bond acceptors (Lipinski definition) is 3. The number of rotatable bonds is 2. The molecule has 0 radical (unpaired) electrons. The number of phenolic OH excluding ortho intramolecular Hbond substituents is 1. The minimum Gasteiger partial charge on any atom is -0.508 e. The van der Waals surface area contributed by atoms with Crippen molar-refractivity contribution in [1.29, 1.82) is 0 Å². The molecule has 0 aliphatic rings. The summed E-state index contributed by atoms with van der Waals surface area (Å²) in [5.41, 5.74) is 2.04. The summed E-state index contributed by atoms with van der Waals surface area (Å²) in [7, 11) is 0. The van der Waals surface area contributed by atoms with E-state index in [1.165, 1.54) is 0 Å².